The second-order valence-electron chi connectivity index (χ2n) is 4.39. The van der Waals surface area contributed by atoms with Crippen molar-refractivity contribution in [3.05, 3.63) is 57.6 Å². The van der Waals surface area contributed by atoms with Crippen LogP contribution in [-0.4, -0.2) is 4.57 Å². The first-order valence-corrected chi connectivity index (χ1v) is 5.93. The maximum atomic E-state index is 13.7. The molecule has 0 radical (unpaired) electrons. The number of hydrogen-bond donors (Lipinski definition) is 0. The molecule has 0 fully saturated rings. The first-order valence-electron chi connectivity index (χ1n) is 5.56. The second-order valence-corrected chi connectivity index (χ2v) is 4.82. The van der Waals surface area contributed by atoms with Gasteiger partial charge in [0.1, 0.15) is 5.82 Å². The highest BCUT2D eigenvalue weighted by molar-refractivity contribution is 6.30. The van der Waals surface area contributed by atoms with Crippen LogP contribution in [0.25, 0.3) is 0 Å². The van der Waals surface area contributed by atoms with Gasteiger partial charge in [-0.1, -0.05) is 17.7 Å². The summed E-state index contributed by atoms with van der Waals surface area (Å²) in [4.78, 5) is 0. The number of rotatable bonds is 2. The molecule has 0 bridgehead atoms. The zero-order valence-corrected chi connectivity index (χ0v) is 11.0. The molecule has 1 nitrogen and oxygen atoms in total. The number of benzene rings is 1. The summed E-state index contributed by atoms with van der Waals surface area (Å²) in [5.41, 5.74) is 4.33. The first-order chi connectivity index (χ1) is 7.99. The quantitative estimate of drug-likeness (QED) is 0.752. The van der Waals surface area contributed by atoms with Crippen molar-refractivity contribution in [3.63, 3.8) is 0 Å². The van der Waals surface area contributed by atoms with Gasteiger partial charge in [-0.05, 0) is 44.0 Å². The first kappa shape index (κ1) is 12.2. The van der Waals surface area contributed by atoms with Crippen LogP contribution in [0.3, 0.4) is 0 Å². The topological polar surface area (TPSA) is 4.93 Å². The molecule has 0 aliphatic rings. The van der Waals surface area contributed by atoms with Gasteiger partial charge in [-0.15, -0.1) is 0 Å². The van der Waals surface area contributed by atoms with Crippen LogP contribution in [0.2, 0.25) is 5.02 Å². The summed E-state index contributed by atoms with van der Waals surface area (Å²) in [7, 11) is 0. The highest BCUT2D eigenvalue weighted by Crippen LogP contribution is 2.19. The third-order valence-electron chi connectivity index (χ3n) is 3.27. The lowest BCUT2D eigenvalue weighted by Gasteiger charge is -2.08. The normalized spacial score (nSPS) is 10.9. The Hall–Kier alpha value is -1.28. The molecule has 17 heavy (non-hydrogen) atoms. The van der Waals surface area contributed by atoms with Crippen LogP contribution in [-0.2, 0) is 6.54 Å². The third-order valence-corrected chi connectivity index (χ3v) is 3.51. The Kier molecular flexibility index (Phi) is 3.25. The van der Waals surface area contributed by atoms with E-state index in [4.69, 9.17) is 11.6 Å². The largest absolute Gasteiger partial charge is 0.347 e. The minimum Gasteiger partial charge on any atom is -0.347 e. The fourth-order valence-electron chi connectivity index (χ4n) is 1.93. The van der Waals surface area contributed by atoms with Gasteiger partial charge in [-0.3, -0.25) is 0 Å². The summed E-state index contributed by atoms with van der Waals surface area (Å²) in [5.74, 6) is -0.249. The average Bonchev–Trinajstić information content (AvgIpc) is 2.50. The van der Waals surface area contributed by atoms with Gasteiger partial charge < -0.3 is 4.57 Å². The van der Waals surface area contributed by atoms with Gasteiger partial charge in [0.2, 0.25) is 0 Å². The molecule has 0 aliphatic carbocycles. The minimum atomic E-state index is -0.249. The number of nitrogens with zero attached hydrogens (tertiary/aromatic N) is 1. The van der Waals surface area contributed by atoms with Gasteiger partial charge in [-0.2, -0.15) is 0 Å². The molecule has 1 aromatic heterocycles. The predicted octanol–water partition coefficient (Wildman–Crippen LogP) is 4.25. The van der Waals surface area contributed by atoms with Crippen molar-refractivity contribution in [1.82, 2.24) is 4.57 Å². The molecule has 0 saturated carbocycles. The van der Waals surface area contributed by atoms with E-state index in [1.165, 1.54) is 22.9 Å². The lowest BCUT2D eigenvalue weighted by Crippen LogP contribution is -2.02. The molecule has 0 unspecified atom stereocenters. The summed E-state index contributed by atoms with van der Waals surface area (Å²) in [6.07, 6.45) is 2.05. The van der Waals surface area contributed by atoms with E-state index in [-0.39, 0.29) is 5.82 Å². The monoisotopic (exact) mass is 251 g/mol. The zero-order chi connectivity index (χ0) is 12.6. The van der Waals surface area contributed by atoms with Crippen molar-refractivity contribution >= 4 is 11.6 Å². The Bertz CT molecular complexity index is 558. The SMILES string of the molecule is Cc1cn(Cc2ccc(Cl)cc2F)c(C)c1C. The van der Waals surface area contributed by atoms with E-state index in [1.807, 2.05) is 0 Å². The molecule has 0 N–H and O–H groups in total. The molecule has 0 atom stereocenters. The van der Waals surface area contributed by atoms with Crippen molar-refractivity contribution in [2.75, 3.05) is 0 Å². The van der Waals surface area contributed by atoms with Crippen LogP contribution in [0.4, 0.5) is 4.39 Å². The third kappa shape index (κ3) is 2.37. The number of hydrogen-bond acceptors (Lipinski definition) is 0. The molecule has 0 amide bonds. The summed E-state index contributed by atoms with van der Waals surface area (Å²) in [6.45, 7) is 6.75. The van der Waals surface area contributed by atoms with Gasteiger partial charge in [-0.25, -0.2) is 4.39 Å². The van der Waals surface area contributed by atoms with E-state index in [2.05, 4.69) is 31.5 Å². The van der Waals surface area contributed by atoms with Crippen LogP contribution in [0.5, 0.6) is 0 Å². The van der Waals surface area contributed by atoms with Crippen LogP contribution in [0, 0.1) is 26.6 Å². The molecule has 0 aliphatic heterocycles. The predicted molar refractivity (Wildman–Crippen MR) is 69.2 cm³/mol. The van der Waals surface area contributed by atoms with Gasteiger partial charge in [0.15, 0.2) is 0 Å². The Morgan fingerprint density at radius 2 is 1.94 bits per heavy atom. The van der Waals surface area contributed by atoms with Gasteiger partial charge in [0.25, 0.3) is 0 Å². The fourth-order valence-corrected chi connectivity index (χ4v) is 2.08. The van der Waals surface area contributed by atoms with Crippen molar-refractivity contribution in [2.45, 2.75) is 27.3 Å². The standard InChI is InChI=1S/C14H15ClFN/c1-9-7-17(11(3)10(9)2)8-12-4-5-13(15)6-14(12)16/h4-7H,8H2,1-3H3. The van der Waals surface area contributed by atoms with E-state index in [0.717, 1.165) is 0 Å². The minimum absolute atomic E-state index is 0.249. The molecule has 0 saturated heterocycles. The van der Waals surface area contributed by atoms with Gasteiger partial charge in [0, 0.05) is 22.5 Å². The molecule has 0 spiro atoms. The van der Waals surface area contributed by atoms with Crippen LogP contribution in [0.1, 0.15) is 22.4 Å². The number of aryl methyl sites for hydroxylation is 1. The van der Waals surface area contributed by atoms with Crippen molar-refractivity contribution < 1.29 is 4.39 Å². The number of aromatic nitrogens is 1. The molecule has 1 aromatic carbocycles. The fraction of sp³-hybridized carbons (Fsp3) is 0.286. The second kappa shape index (κ2) is 4.53. The molecular formula is C14H15ClFN. The van der Waals surface area contributed by atoms with E-state index in [1.54, 1.807) is 12.1 Å². The average molecular weight is 252 g/mol. The highest BCUT2D eigenvalue weighted by Gasteiger charge is 2.08. The smallest absolute Gasteiger partial charge is 0.129 e. The zero-order valence-electron chi connectivity index (χ0n) is 10.2. The summed E-state index contributed by atoms with van der Waals surface area (Å²) < 4.78 is 15.7. The Balaban J connectivity index is 2.34. The summed E-state index contributed by atoms with van der Waals surface area (Å²) in [6, 6.07) is 4.82. The molecule has 2 aromatic rings. The maximum absolute atomic E-state index is 13.7. The molecule has 90 valence electrons. The van der Waals surface area contributed by atoms with Crippen LogP contribution in [0.15, 0.2) is 24.4 Å². The van der Waals surface area contributed by atoms with Crippen LogP contribution >= 0.6 is 11.6 Å². The van der Waals surface area contributed by atoms with Crippen LogP contribution < -0.4 is 0 Å². The molecular weight excluding hydrogens is 237 g/mol. The summed E-state index contributed by atoms with van der Waals surface area (Å²) in [5, 5.41) is 0.433. The maximum Gasteiger partial charge on any atom is 0.129 e. The van der Waals surface area contributed by atoms with Crippen molar-refractivity contribution in [2.24, 2.45) is 0 Å². The Morgan fingerprint density at radius 3 is 2.47 bits per heavy atom. The summed E-state index contributed by atoms with van der Waals surface area (Å²) >= 11 is 5.73. The van der Waals surface area contributed by atoms with Crippen molar-refractivity contribution in [3.8, 4) is 0 Å². The Labute approximate surface area is 106 Å². The molecule has 1 heterocycles. The molecule has 3 heteroatoms. The highest BCUT2D eigenvalue weighted by atomic mass is 35.5. The Morgan fingerprint density at radius 1 is 1.24 bits per heavy atom. The van der Waals surface area contributed by atoms with Gasteiger partial charge in [0.05, 0.1) is 6.54 Å². The van der Waals surface area contributed by atoms with E-state index < -0.39 is 0 Å². The lowest BCUT2D eigenvalue weighted by atomic mass is 10.2. The number of halogens is 2. The van der Waals surface area contributed by atoms with E-state index >= 15 is 0 Å². The lowest BCUT2D eigenvalue weighted by molar-refractivity contribution is 0.598. The van der Waals surface area contributed by atoms with E-state index in [0.29, 0.717) is 17.1 Å². The van der Waals surface area contributed by atoms with E-state index in [9.17, 15) is 4.39 Å². The molecule has 2 rings (SSSR count). The van der Waals surface area contributed by atoms with Gasteiger partial charge >= 0.3 is 0 Å². The van der Waals surface area contributed by atoms with Crippen molar-refractivity contribution in [1.29, 1.82) is 0 Å².